The summed E-state index contributed by atoms with van der Waals surface area (Å²) >= 11 is 6.12. The molecule has 0 aliphatic carbocycles. The molecular weight excluding hydrogens is 408 g/mol. The Kier molecular flexibility index (Phi) is 5.98. The third-order valence-corrected chi connectivity index (χ3v) is 5.86. The first-order valence-corrected chi connectivity index (χ1v) is 10.5. The van der Waals surface area contributed by atoms with E-state index < -0.39 is 4.92 Å². The van der Waals surface area contributed by atoms with E-state index in [2.05, 4.69) is 14.8 Å². The van der Waals surface area contributed by atoms with Crippen LogP contribution in [0.25, 0.3) is 0 Å². The molecule has 9 nitrogen and oxygen atoms in total. The standard InChI is InChI=1S/C20H23ClN6O3/c21-17-14-15(27(29)30)4-5-16(17)19(28)25-12-10-24(11-13-25)18-6-7-22-20(23-18)26-8-2-1-3-9-26/h4-7,14H,1-3,8-13H2. The number of rotatable bonds is 4. The van der Waals surface area contributed by atoms with Crippen molar-refractivity contribution in [3.63, 3.8) is 0 Å². The van der Waals surface area contributed by atoms with Crippen molar-refractivity contribution < 1.29 is 9.72 Å². The zero-order valence-electron chi connectivity index (χ0n) is 16.5. The Hall–Kier alpha value is -2.94. The lowest BCUT2D eigenvalue weighted by molar-refractivity contribution is -0.384. The van der Waals surface area contributed by atoms with Gasteiger partial charge >= 0.3 is 0 Å². The summed E-state index contributed by atoms with van der Waals surface area (Å²) in [5.41, 5.74) is 0.153. The summed E-state index contributed by atoms with van der Waals surface area (Å²) in [6.45, 7) is 4.31. The second kappa shape index (κ2) is 8.83. The Labute approximate surface area is 179 Å². The van der Waals surface area contributed by atoms with E-state index in [4.69, 9.17) is 16.6 Å². The molecule has 2 aliphatic rings. The molecule has 2 fully saturated rings. The fourth-order valence-electron chi connectivity index (χ4n) is 3.86. The van der Waals surface area contributed by atoms with Crippen LogP contribution < -0.4 is 9.80 Å². The maximum absolute atomic E-state index is 12.8. The number of non-ortho nitro benzene ring substituents is 1. The van der Waals surface area contributed by atoms with Crippen LogP contribution in [-0.4, -0.2) is 65.0 Å². The number of carbonyl (C=O) groups excluding carboxylic acids is 1. The molecule has 0 atom stereocenters. The van der Waals surface area contributed by atoms with Gasteiger partial charge in [0.05, 0.1) is 15.5 Å². The number of amides is 1. The van der Waals surface area contributed by atoms with Crippen LogP contribution in [0.15, 0.2) is 30.5 Å². The van der Waals surface area contributed by atoms with E-state index >= 15 is 0 Å². The van der Waals surface area contributed by atoms with Crippen molar-refractivity contribution in [2.45, 2.75) is 19.3 Å². The van der Waals surface area contributed by atoms with Gasteiger partial charge < -0.3 is 14.7 Å². The summed E-state index contributed by atoms with van der Waals surface area (Å²) in [4.78, 5) is 38.4. The van der Waals surface area contributed by atoms with E-state index in [1.807, 2.05) is 6.07 Å². The Morgan fingerprint density at radius 3 is 2.40 bits per heavy atom. The average Bonchev–Trinajstić information content (AvgIpc) is 2.79. The van der Waals surface area contributed by atoms with Crippen LogP contribution in [0.2, 0.25) is 5.02 Å². The molecule has 0 radical (unpaired) electrons. The van der Waals surface area contributed by atoms with Crippen LogP contribution in [0.4, 0.5) is 17.5 Å². The highest BCUT2D eigenvalue weighted by molar-refractivity contribution is 6.34. The van der Waals surface area contributed by atoms with E-state index in [1.165, 1.54) is 37.5 Å². The number of nitro benzene ring substituents is 1. The minimum Gasteiger partial charge on any atom is -0.353 e. The van der Waals surface area contributed by atoms with Gasteiger partial charge in [0.2, 0.25) is 5.95 Å². The van der Waals surface area contributed by atoms with Gasteiger partial charge in [-0.1, -0.05) is 11.6 Å². The van der Waals surface area contributed by atoms with Crippen molar-refractivity contribution in [3.8, 4) is 0 Å². The number of hydrogen-bond donors (Lipinski definition) is 0. The quantitative estimate of drug-likeness (QED) is 0.543. The number of nitrogens with zero attached hydrogens (tertiary/aromatic N) is 6. The van der Waals surface area contributed by atoms with E-state index in [0.717, 1.165) is 24.9 Å². The number of benzene rings is 1. The van der Waals surface area contributed by atoms with Crippen LogP contribution in [0, 0.1) is 10.1 Å². The van der Waals surface area contributed by atoms with Crippen LogP contribution in [0.1, 0.15) is 29.6 Å². The zero-order chi connectivity index (χ0) is 21.1. The number of hydrogen-bond acceptors (Lipinski definition) is 7. The molecular formula is C20H23ClN6O3. The first-order chi connectivity index (χ1) is 14.5. The Morgan fingerprint density at radius 1 is 1.00 bits per heavy atom. The third-order valence-electron chi connectivity index (χ3n) is 5.55. The molecule has 2 saturated heterocycles. The van der Waals surface area contributed by atoms with Crippen LogP contribution in [0.5, 0.6) is 0 Å². The van der Waals surface area contributed by atoms with Crippen molar-refractivity contribution in [1.82, 2.24) is 14.9 Å². The minimum atomic E-state index is -0.529. The molecule has 158 valence electrons. The van der Waals surface area contributed by atoms with Crippen LogP contribution >= 0.6 is 11.6 Å². The van der Waals surface area contributed by atoms with Crippen molar-refractivity contribution in [3.05, 3.63) is 51.2 Å². The number of halogens is 1. The lowest BCUT2D eigenvalue weighted by Gasteiger charge is -2.36. The van der Waals surface area contributed by atoms with Crippen molar-refractivity contribution in [2.75, 3.05) is 49.1 Å². The smallest absolute Gasteiger partial charge is 0.270 e. The molecule has 4 rings (SSSR count). The maximum Gasteiger partial charge on any atom is 0.270 e. The number of piperazine rings is 1. The van der Waals surface area contributed by atoms with Crippen LogP contribution in [-0.2, 0) is 0 Å². The third kappa shape index (κ3) is 4.30. The van der Waals surface area contributed by atoms with Crippen molar-refractivity contribution in [1.29, 1.82) is 0 Å². The predicted molar refractivity (Wildman–Crippen MR) is 114 cm³/mol. The Bertz CT molecular complexity index is 942. The highest BCUT2D eigenvalue weighted by atomic mass is 35.5. The second-order valence-corrected chi connectivity index (χ2v) is 7.87. The summed E-state index contributed by atoms with van der Waals surface area (Å²) in [6, 6.07) is 5.84. The molecule has 0 N–H and O–H groups in total. The van der Waals surface area contributed by atoms with Gasteiger partial charge in [0.1, 0.15) is 5.82 Å². The van der Waals surface area contributed by atoms with E-state index in [-0.39, 0.29) is 22.2 Å². The highest BCUT2D eigenvalue weighted by Gasteiger charge is 2.25. The lowest BCUT2D eigenvalue weighted by Crippen LogP contribution is -2.49. The first-order valence-electron chi connectivity index (χ1n) is 10.1. The van der Waals surface area contributed by atoms with Gasteiger partial charge in [-0.3, -0.25) is 14.9 Å². The SMILES string of the molecule is O=C(c1ccc([N+](=O)[O-])cc1Cl)N1CCN(c2ccnc(N3CCCCC3)n2)CC1. The highest BCUT2D eigenvalue weighted by Crippen LogP contribution is 2.25. The lowest BCUT2D eigenvalue weighted by atomic mass is 10.1. The van der Waals surface area contributed by atoms with E-state index in [1.54, 1.807) is 11.1 Å². The van der Waals surface area contributed by atoms with Gasteiger partial charge in [0.15, 0.2) is 0 Å². The number of nitro groups is 1. The van der Waals surface area contributed by atoms with Crippen molar-refractivity contribution >= 4 is 35.0 Å². The fourth-order valence-corrected chi connectivity index (χ4v) is 4.12. The van der Waals surface area contributed by atoms with Gasteiger partial charge in [-0.15, -0.1) is 0 Å². The topological polar surface area (TPSA) is 95.7 Å². The predicted octanol–water partition coefficient (Wildman–Crippen LogP) is 2.99. The average molecular weight is 431 g/mol. The van der Waals surface area contributed by atoms with Gasteiger partial charge in [-0.25, -0.2) is 4.98 Å². The van der Waals surface area contributed by atoms with E-state index in [0.29, 0.717) is 26.2 Å². The number of piperidine rings is 1. The summed E-state index contributed by atoms with van der Waals surface area (Å²) in [7, 11) is 0. The molecule has 3 heterocycles. The number of carbonyl (C=O) groups is 1. The van der Waals surface area contributed by atoms with E-state index in [9.17, 15) is 14.9 Å². The monoisotopic (exact) mass is 430 g/mol. The van der Waals surface area contributed by atoms with Gasteiger partial charge in [-0.05, 0) is 31.4 Å². The van der Waals surface area contributed by atoms with Gasteiger partial charge in [-0.2, -0.15) is 4.98 Å². The zero-order valence-corrected chi connectivity index (χ0v) is 17.3. The fraction of sp³-hybridized carbons (Fsp3) is 0.450. The summed E-state index contributed by atoms with van der Waals surface area (Å²) in [5, 5.41) is 11.0. The molecule has 2 aliphatic heterocycles. The van der Waals surface area contributed by atoms with Crippen molar-refractivity contribution in [2.24, 2.45) is 0 Å². The van der Waals surface area contributed by atoms with Gasteiger partial charge in [0, 0.05) is 57.6 Å². The summed E-state index contributed by atoms with van der Waals surface area (Å²) in [6.07, 6.45) is 5.38. The molecule has 0 unspecified atom stereocenters. The molecule has 2 aromatic rings. The number of aromatic nitrogens is 2. The maximum atomic E-state index is 12.8. The minimum absolute atomic E-state index is 0.0959. The normalized spacial score (nSPS) is 17.2. The Balaban J connectivity index is 1.40. The summed E-state index contributed by atoms with van der Waals surface area (Å²) < 4.78 is 0. The molecule has 10 heteroatoms. The molecule has 30 heavy (non-hydrogen) atoms. The first kappa shape index (κ1) is 20.3. The van der Waals surface area contributed by atoms with Gasteiger partial charge in [0.25, 0.3) is 11.6 Å². The Morgan fingerprint density at radius 2 is 1.73 bits per heavy atom. The molecule has 1 aromatic carbocycles. The molecule has 0 spiro atoms. The molecule has 0 bridgehead atoms. The largest absolute Gasteiger partial charge is 0.353 e. The number of anilines is 2. The van der Waals surface area contributed by atoms with Crippen LogP contribution in [0.3, 0.4) is 0 Å². The molecule has 0 saturated carbocycles. The summed E-state index contributed by atoms with van der Waals surface area (Å²) in [5.74, 6) is 1.42. The molecule has 1 aromatic heterocycles. The second-order valence-electron chi connectivity index (χ2n) is 7.46. The molecule has 1 amide bonds.